The lowest BCUT2D eigenvalue weighted by molar-refractivity contribution is -0.137. The molecule has 0 fully saturated rings. The third-order valence-corrected chi connectivity index (χ3v) is 5.24. The summed E-state index contributed by atoms with van der Waals surface area (Å²) in [6.07, 6.45) is -2.21. The van der Waals surface area contributed by atoms with E-state index in [2.05, 4.69) is 4.98 Å². The smallest absolute Gasteiger partial charge is 0.416 e. The first kappa shape index (κ1) is 19.3. The Morgan fingerprint density at radius 1 is 1.07 bits per heavy atom. The molecule has 0 radical (unpaired) electrons. The Morgan fingerprint density at radius 2 is 1.86 bits per heavy atom. The average molecular weight is 399 g/mol. The summed E-state index contributed by atoms with van der Waals surface area (Å²) in [6, 6.07) is 12.5. The molecule has 1 aromatic heterocycles. The summed E-state index contributed by atoms with van der Waals surface area (Å²) < 4.78 is 44.5. The summed E-state index contributed by atoms with van der Waals surface area (Å²) in [5.41, 5.74) is 4.55. The summed E-state index contributed by atoms with van der Waals surface area (Å²) >= 11 is 0. The number of Topliss-reactive ketones (excluding diaryl/α,β-unsaturated/α-hetero) is 1. The van der Waals surface area contributed by atoms with Crippen molar-refractivity contribution in [1.29, 1.82) is 0 Å². The topological polar surface area (TPSA) is 42.1 Å². The van der Waals surface area contributed by atoms with E-state index >= 15 is 0 Å². The van der Waals surface area contributed by atoms with Crippen LogP contribution in [0.4, 0.5) is 13.2 Å². The molecule has 4 rings (SSSR count). The van der Waals surface area contributed by atoms with Gasteiger partial charge in [0.1, 0.15) is 12.4 Å². The van der Waals surface area contributed by atoms with Gasteiger partial charge in [0.25, 0.3) is 0 Å². The van der Waals surface area contributed by atoms with Gasteiger partial charge in [-0.1, -0.05) is 30.3 Å². The number of hydrogen-bond donors (Lipinski definition) is 1. The molecule has 0 saturated heterocycles. The molecule has 3 nitrogen and oxygen atoms in total. The summed E-state index contributed by atoms with van der Waals surface area (Å²) in [5.74, 6) is 0.318. The number of aryl methyl sites for hydroxylation is 1. The van der Waals surface area contributed by atoms with Crippen molar-refractivity contribution >= 4 is 5.78 Å². The Morgan fingerprint density at radius 3 is 2.66 bits per heavy atom. The van der Waals surface area contributed by atoms with Gasteiger partial charge in [-0.05, 0) is 49.1 Å². The molecule has 1 heterocycles. The van der Waals surface area contributed by atoms with Crippen LogP contribution in [0.15, 0.2) is 48.5 Å². The van der Waals surface area contributed by atoms with Crippen LogP contribution in [-0.2, 0) is 19.2 Å². The first-order chi connectivity index (χ1) is 13.8. The number of fused-ring (bicyclic) bond motifs is 1. The number of carbonyl (C=O) groups excluding carboxylic acids is 1. The van der Waals surface area contributed by atoms with Gasteiger partial charge in [0.15, 0.2) is 5.78 Å². The van der Waals surface area contributed by atoms with E-state index in [0.29, 0.717) is 6.42 Å². The number of nitrogens with one attached hydrogen (secondary N) is 1. The Hall–Kier alpha value is -3.02. The van der Waals surface area contributed by atoms with E-state index in [9.17, 15) is 18.0 Å². The number of ether oxygens (including phenoxy) is 1. The summed E-state index contributed by atoms with van der Waals surface area (Å²) in [7, 11) is 0. The van der Waals surface area contributed by atoms with Gasteiger partial charge in [-0.15, -0.1) is 0 Å². The van der Waals surface area contributed by atoms with Crippen molar-refractivity contribution in [1.82, 2.24) is 4.98 Å². The van der Waals surface area contributed by atoms with E-state index in [4.69, 9.17) is 4.74 Å². The Bertz CT molecular complexity index is 1070. The summed E-state index contributed by atoms with van der Waals surface area (Å²) in [5, 5.41) is 0. The zero-order chi connectivity index (χ0) is 20.6. The second-order valence-corrected chi connectivity index (χ2v) is 7.23. The van der Waals surface area contributed by atoms with Crippen LogP contribution >= 0.6 is 0 Å². The fourth-order valence-corrected chi connectivity index (χ4v) is 3.90. The molecule has 6 heteroatoms. The number of alkyl halides is 3. The average Bonchev–Trinajstić information content (AvgIpc) is 3.04. The second-order valence-electron chi connectivity index (χ2n) is 7.23. The van der Waals surface area contributed by atoms with E-state index in [1.807, 2.05) is 31.2 Å². The molecule has 0 unspecified atom stereocenters. The molecule has 2 aromatic carbocycles. The van der Waals surface area contributed by atoms with Crippen molar-refractivity contribution in [3.63, 3.8) is 0 Å². The molecule has 3 aromatic rings. The van der Waals surface area contributed by atoms with E-state index < -0.39 is 11.7 Å². The molecule has 29 heavy (non-hydrogen) atoms. The molecule has 0 bridgehead atoms. The van der Waals surface area contributed by atoms with Crippen LogP contribution in [0.1, 0.15) is 45.6 Å². The highest BCUT2D eigenvalue weighted by atomic mass is 19.4. The highest BCUT2D eigenvalue weighted by Crippen LogP contribution is 2.36. The minimum Gasteiger partial charge on any atom is -0.489 e. The van der Waals surface area contributed by atoms with Gasteiger partial charge in [0.2, 0.25) is 0 Å². The standard InChI is InChI=1S/C23H20F3NO2/c1-14-21-19(10-5-11-20(21)28)22(27-14)18-9-3-2-6-15(18)13-29-17-8-4-7-16(12-17)23(24,25)26/h2-4,6-9,12,27H,5,10-11,13H2,1H3. The predicted molar refractivity (Wildman–Crippen MR) is 104 cm³/mol. The lowest BCUT2D eigenvalue weighted by atomic mass is 9.89. The first-order valence-electron chi connectivity index (χ1n) is 9.47. The van der Waals surface area contributed by atoms with Crippen LogP contribution in [0.25, 0.3) is 11.3 Å². The Kier molecular flexibility index (Phi) is 4.94. The fourth-order valence-electron chi connectivity index (χ4n) is 3.90. The van der Waals surface area contributed by atoms with Crippen molar-refractivity contribution in [3.8, 4) is 17.0 Å². The lowest BCUT2D eigenvalue weighted by Gasteiger charge is -2.15. The van der Waals surface area contributed by atoms with Crippen LogP contribution in [0, 0.1) is 6.92 Å². The number of H-pyrrole nitrogens is 1. The first-order valence-corrected chi connectivity index (χ1v) is 9.47. The number of halogens is 3. The van der Waals surface area contributed by atoms with Gasteiger partial charge in [-0.2, -0.15) is 13.2 Å². The van der Waals surface area contributed by atoms with Crippen LogP contribution in [0.5, 0.6) is 5.75 Å². The molecule has 1 aliphatic rings. The number of hydrogen-bond acceptors (Lipinski definition) is 2. The second kappa shape index (κ2) is 7.43. The summed E-state index contributed by atoms with van der Waals surface area (Å²) in [4.78, 5) is 15.7. The van der Waals surface area contributed by atoms with E-state index in [1.54, 1.807) is 0 Å². The van der Waals surface area contributed by atoms with Crippen LogP contribution in [0.2, 0.25) is 0 Å². The minimum atomic E-state index is -4.41. The maximum Gasteiger partial charge on any atom is 0.416 e. The van der Waals surface area contributed by atoms with Gasteiger partial charge in [0, 0.05) is 28.9 Å². The van der Waals surface area contributed by atoms with E-state index in [-0.39, 0.29) is 18.1 Å². The van der Waals surface area contributed by atoms with Crippen molar-refractivity contribution in [2.75, 3.05) is 0 Å². The minimum absolute atomic E-state index is 0.123. The van der Waals surface area contributed by atoms with Crippen molar-refractivity contribution in [3.05, 3.63) is 76.5 Å². The third kappa shape index (κ3) is 3.79. The zero-order valence-electron chi connectivity index (χ0n) is 15.9. The highest BCUT2D eigenvalue weighted by molar-refractivity contribution is 6.01. The number of carbonyl (C=O) groups is 1. The van der Waals surface area contributed by atoms with Gasteiger partial charge < -0.3 is 9.72 Å². The van der Waals surface area contributed by atoms with Gasteiger partial charge in [-0.25, -0.2) is 0 Å². The normalized spacial score (nSPS) is 14.0. The van der Waals surface area contributed by atoms with Crippen molar-refractivity contribution in [2.45, 2.75) is 39.0 Å². The maximum absolute atomic E-state index is 12.9. The van der Waals surface area contributed by atoms with E-state index in [0.717, 1.165) is 58.6 Å². The fraction of sp³-hybridized carbons (Fsp3) is 0.261. The van der Waals surface area contributed by atoms with Gasteiger partial charge in [-0.3, -0.25) is 4.79 Å². The predicted octanol–water partition coefficient (Wildman–Crippen LogP) is 6.11. The Labute approximate surface area is 166 Å². The monoisotopic (exact) mass is 399 g/mol. The summed E-state index contributed by atoms with van der Waals surface area (Å²) in [6.45, 7) is 2.02. The lowest BCUT2D eigenvalue weighted by Crippen LogP contribution is -2.10. The van der Waals surface area contributed by atoms with Crippen LogP contribution < -0.4 is 4.74 Å². The van der Waals surface area contributed by atoms with Crippen molar-refractivity contribution in [2.24, 2.45) is 0 Å². The quantitative estimate of drug-likeness (QED) is 0.575. The molecular formula is C23H20F3NO2. The zero-order valence-corrected chi connectivity index (χ0v) is 15.9. The van der Waals surface area contributed by atoms with Crippen LogP contribution in [-0.4, -0.2) is 10.8 Å². The molecule has 0 saturated carbocycles. The Balaban J connectivity index is 1.64. The molecule has 0 aliphatic heterocycles. The van der Waals surface area contributed by atoms with Gasteiger partial charge >= 0.3 is 6.18 Å². The molecule has 150 valence electrons. The maximum atomic E-state index is 12.9. The number of rotatable bonds is 4. The van der Waals surface area contributed by atoms with Gasteiger partial charge in [0.05, 0.1) is 5.56 Å². The van der Waals surface area contributed by atoms with E-state index in [1.165, 1.54) is 12.1 Å². The SMILES string of the molecule is Cc1[nH]c(-c2ccccc2COc2cccc(C(F)(F)F)c2)c2c1C(=O)CCC2. The molecule has 0 atom stereocenters. The highest BCUT2D eigenvalue weighted by Gasteiger charge is 2.30. The number of benzene rings is 2. The molecular weight excluding hydrogens is 379 g/mol. The van der Waals surface area contributed by atoms with Crippen molar-refractivity contribution < 1.29 is 22.7 Å². The molecule has 0 spiro atoms. The molecule has 1 aliphatic carbocycles. The molecule has 0 amide bonds. The number of aromatic nitrogens is 1. The van der Waals surface area contributed by atoms with Crippen LogP contribution in [0.3, 0.4) is 0 Å². The number of aromatic amines is 1. The third-order valence-electron chi connectivity index (χ3n) is 5.24. The largest absolute Gasteiger partial charge is 0.489 e. The molecule has 1 N–H and O–H groups in total. The number of ketones is 1.